The molecule has 0 spiro atoms. The number of rotatable bonds is 2. The lowest BCUT2D eigenvalue weighted by Gasteiger charge is -2.06. The van der Waals surface area contributed by atoms with E-state index in [0.29, 0.717) is 11.4 Å². The van der Waals surface area contributed by atoms with Crippen LogP contribution in [0.15, 0.2) is 42.5 Å². The predicted molar refractivity (Wildman–Crippen MR) is 75.7 cm³/mol. The smallest absolute Gasteiger partial charge is 0.192 e. The van der Waals surface area contributed by atoms with Crippen molar-refractivity contribution in [2.75, 3.05) is 5.73 Å². The van der Waals surface area contributed by atoms with Gasteiger partial charge in [-0.1, -0.05) is 35.9 Å². The Kier molecular flexibility index (Phi) is 3.33. The molecule has 2 aromatic rings. The molecule has 2 nitrogen and oxygen atoms in total. The van der Waals surface area contributed by atoms with Gasteiger partial charge >= 0.3 is 0 Å². The third-order valence-electron chi connectivity index (χ3n) is 2.48. The van der Waals surface area contributed by atoms with Gasteiger partial charge in [0.05, 0.1) is 5.69 Å². The van der Waals surface area contributed by atoms with E-state index in [-0.39, 0.29) is 0 Å². The number of anilines is 1. The van der Waals surface area contributed by atoms with Crippen molar-refractivity contribution in [2.24, 2.45) is 0 Å². The van der Waals surface area contributed by atoms with Crippen LogP contribution in [0.3, 0.4) is 0 Å². The molecule has 0 radical (unpaired) electrons. The first-order chi connectivity index (χ1) is 7.70. The fraction of sp³-hybridized carbons (Fsp3) is 0.0769. The first-order valence-corrected chi connectivity index (χ1v) is 5.84. The number of aryl methyl sites for hydroxylation is 1. The maximum absolute atomic E-state index is 5.87. The predicted octanol–water partition coefficient (Wildman–Crippen LogP) is 3.97. The van der Waals surface area contributed by atoms with Crippen LogP contribution < -0.4 is 8.80 Å². The number of hydrogen-bond acceptors (Lipinski definition) is 2. The van der Waals surface area contributed by atoms with Crippen molar-refractivity contribution in [3.63, 3.8) is 0 Å². The van der Waals surface area contributed by atoms with Gasteiger partial charge < -0.3 is 8.80 Å². The number of benzene rings is 2. The minimum Gasteiger partial charge on any atom is -0.425 e. The summed E-state index contributed by atoms with van der Waals surface area (Å²) in [5, 5.41) is 0. The number of halogens is 1. The van der Waals surface area contributed by atoms with Gasteiger partial charge in [-0.3, -0.25) is 0 Å². The van der Waals surface area contributed by atoms with E-state index < -0.39 is 0 Å². The molecule has 0 aliphatic carbocycles. The quantitative estimate of drug-likeness (QED) is 0.670. The van der Waals surface area contributed by atoms with Gasteiger partial charge in [0.1, 0.15) is 0 Å². The van der Waals surface area contributed by atoms with Gasteiger partial charge in [-0.2, -0.15) is 0 Å². The third-order valence-corrected chi connectivity index (χ3v) is 2.95. The van der Waals surface area contributed by atoms with Crippen molar-refractivity contribution in [1.29, 1.82) is 0 Å². The van der Waals surface area contributed by atoms with E-state index in [9.17, 15) is 0 Å². The minimum absolute atomic E-state index is 0.660. The van der Waals surface area contributed by atoms with E-state index in [0.717, 1.165) is 11.1 Å². The highest BCUT2D eigenvalue weighted by Gasteiger charge is 2.02. The Bertz CT molecular complexity index is 494. The van der Waals surface area contributed by atoms with Gasteiger partial charge in [0.25, 0.3) is 0 Å². The zero-order valence-corrected chi connectivity index (χ0v) is 11.1. The summed E-state index contributed by atoms with van der Waals surface area (Å²) in [6, 6.07) is 14.2. The SMILES string of the molecule is Cc1ccc(-c2ccc(OI)c(N)c2)cc1. The Labute approximate surface area is 109 Å². The molecule has 2 rings (SSSR count). The Hall–Kier alpha value is -1.23. The van der Waals surface area contributed by atoms with E-state index in [2.05, 4.69) is 31.2 Å². The van der Waals surface area contributed by atoms with Crippen LogP contribution in [0.4, 0.5) is 5.69 Å². The second-order valence-corrected chi connectivity index (χ2v) is 4.14. The first-order valence-electron chi connectivity index (χ1n) is 4.96. The molecule has 0 atom stereocenters. The van der Waals surface area contributed by atoms with E-state index >= 15 is 0 Å². The molecule has 0 fully saturated rings. The summed E-state index contributed by atoms with van der Waals surface area (Å²) >= 11 is 1.83. The van der Waals surface area contributed by atoms with Crippen LogP contribution in [0.5, 0.6) is 5.75 Å². The molecule has 16 heavy (non-hydrogen) atoms. The van der Waals surface area contributed by atoms with Crippen molar-refractivity contribution in [1.82, 2.24) is 0 Å². The summed E-state index contributed by atoms with van der Waals surface area (Å²) < 4.78 is 5.10. The van der Waals surface area contributed by atoms with Crippen LogP contribution in [0, 0.1) is 6.92 Å². The average Bonchev–Trinajstić information content (AvgIpc) is 2.30. The highest BCUT2D eigenvalue weighted by atomic mass is 127. The van der Waals surface area contributed by atoms with Crippen LogP contribution in [-0.2, 0) is 0 Å². The maximum atomic E-state index is 5.87. The maximum Gasteiger partial charge on any atom is 0.192 e. The second-order valence-electron chi connectivity index (χ2n) is 3.70. The Morgan fingerprint density at radius 1 is 1.00 bits per heavy atom. The van der Waals surface area contributed by atoms with Crippen LogP contribution in [0.1, 0.15) is 5.56 Å². The summed E-state index contributed by atoms with van der Waals surface area (Å²) in [5.41, 5.74) is 10.1. The van der Waals surface area contributed by atoms with E-state index in [4.69, 9.17) is 8.80 Å². The zero-order valence-electron chi connectivity index (χ0n) is 8.91. The molecular weight excluding hydrogens is 313 g/mol. The molecule has 0 aliphatic rings. The lowest BCUT2D eigenvalue weighted by atomic mass is 10.0. The molecule has 0 amide bonds. The molecule has 0 unspecified atom stereocenters. The molecule has 3 heteroatoms. The largest absolute Gasteiger partial charge is 0.425 e. The summed E-state index contributed by atoms with van der Waals surface area (Å²) in [7, 11) is 0. The van der Waals surface area contributed by atoms with Crippen molar-refractivity contribution >= 4 is 28.7 Å². The molecule has 0 saturated heterocycles. The van der Waals surface area contributed by atoms with Gasteiger partial charge in [-0.05, 0) is 30.2 Å². The van der Waals surface area contributed by atoms with Crippen molar-refractivity contribution in [3.8, 4) is 16.9 Å². The lowest BCUT2D eigenvalue weighted by molar-refractivity contribution is 0.720. The summed E-state index contributed by atoms with van der Waals surface area (Å²) in [4.78, 5) is 0. The van der Waals surface area contributed by atoms with Crippen LogP contribution in [0.25, 0.3) is 11.1 Å². The highest BCUT2D eigenvalue weighted by Crippen LogP contribution is 2.29. The van der Waals surface area contributed by atoms with Crippen LogP contribution in [-0.4, -0.2) is 0 Å². The van der Waals surface area contributed by atoms with Gasteiger partial charge in [0.2, 0.25) is 0 Å². The first kappa shape index (κ1) is 11.3. The van der Waals surface area contributed by atoms with Crippen LogP contribution in [0.2, 0.25) is 0 Å². The fourth-order valence-corrected chi connectivity index (χ4v) is 1.95. The summed E-state index contributed by atoms with van der Waals surface area (Å²) in [5.74, 6) is 0.705. The highest BCUT2D eigenvalue weighted by molar-refractivity contribution is 14.1. The lowest BCUT2D eigenvalue weighted by Crippen LogP contribution is -1.89. The van der Waals surface area contributed by atoms with E-state index in [1.165, 1.54) is 5.56 Å². The Morgan fingerprint density at radius 2 is 1.62 bits per heavy atom. The van der Waals surface area contributed by atoms with Gasteiger partial charge in [0, 0.05) is 0 Å². The zero-order chi connectivity index (χ0) is 11.5. The van der Waals surface area contributed by atoms with Crippen LogP contribution >= 0.6 is 23.0 Å². The number of hydrogen-bond donors (Lipinski definition) is 1. The van der Waals surface area contributed by atoms with E-state index in [1.54, 1.807) is 0 Å². The molecular formula is C13H12INO. The molecule has 2 N–H and O–H groups in total. The number of nitrogen functional groups attached to an aromatic ring is 1. The molecule has 0 aromatic heterocycles. The standard InChI is InChI=1S/C13H12INO/c1-9-2-4-10(5-3-9)11-6-7-13(16-14)12(15)8-11/h2-8H,15H2,1H3. The molecule has 82 valence electrons. The monoisotopic (exact) mass is 325 g/mol. The average molecular weight is 325 g/mol. The summed E-state index contributed by atoms with van der Waals surface area (Å²) in [6.07, 6.45) is 0. The molecule has 0 bridgehead atoms. The van der Waals surface area contributed by atoms with Crippen molar-refractivity contribution in [3.05, 3.63) is 48.0 Å². The third kappa shape index (κ3) is 2.29. The molecule has 0 heterocycles. The van der Waals surface area contributed by atoms with Gasteiger partial charge in [0.15, 0.2) is 28.8 Å². The molecule has 0 aliphatic heterocycles. The van der Waals surface area contributed by atoms with Crippen molar-refractivity contribution in [2.45, 2.75) is 6.92 Å². The number of nitrogens with two attached hydrogens (primary N) is 1. The van der Waals surface area contributed by atoms with Gasteiger partial charge in [-0.15, -0.1) is 0 Å². The normalized spacial score (nSPS) is 10.1. The Balaban J connectivity index is 2.41. The van der Waals surface area contributed by atoms with Crippen molar-refractivity contribution < 1.29 is 3.07 Å². The fourth-order valence-electron chi connectivity index (χ4n) is 1.54. The Morgan fingerprint density at radius 3 is 2.19 bits per heavy atom. The minimum atomic E-state index is 0.660. The molecule has 2 aromatic carbocycles. The topological polar surface area (TPSA) is 35.2 Å². The molecule has 0 saturated carbocycles. The van der Waals surface area contributed by atoms with E-state index in [1.807, 2.05) is 41.2 Å². The second kappa shape index (κ2) is 4.74. The summed E-state index contributed by atoms with van der Waals surface area (Å²) in [6.45, 7) is 2.07. The van der Waals surface area contributed by atoms with Gasteiger partial charge in [-0.25, -0.2) is 0 Å².